The highest BCUT2D eigenvalue weighted by molar-refractivity contribution is 7.80. The lowest BCUT2D eigenvalue weighted by Crippen LogP contribution is -2.33. The molecule has 2 rings (SSSR count). The Morgan fingerprint density at radius 2 is 2.20 bits per heavy atom. The Morgan fingerprint density at radius 1 is 1.40 bits per heavy atom. The third kappa shape index (κ3) is 3.69. The number of carbonyl (C=O) groups excluding carboxylic acids is 1. The maximum absolute atomic E-state index is 11.8. The Morgan fingerprint density at radius 3 is 2.80 bits per heavy atom. The minimum atomic E-state index is -0.239. The molecule has 0 saturated heterocycles. The largest absolute Gasteiger partial charge is 0.495 e. The standard InChI is InChI=1S/C13H11ClN2O2S2/c1-18-10-5-4-8(7-9(10)14)15-13(19)16-12(17)11-3-2-6-20-11/h2-7H,1H3,(H2,15,16,17,19). The van der Waals surface area contributed by atoms with Crippen LogP contribution < -0.4 is 15.4 Å². The van der Waals surface area contributed by atoms with Gasteiger partial charge in [0.1, 0.15) is 5.75 Å². The number of hydrogen-bond acceptors (Lipinski definition) is 4. The first-order valence-corrected chi connectivity index (χ1v) is 7.26. The van der Waals surface area contributed by atoms with Gasteiger partial charge < -0.3 is 10.1 Å². The van der Waals surface area contributed by atoms with E-state index in [1.54, 1.807) is 37.4 Å². The summed E-state index contributed by atoms with van der Waals surface area (Å²) in [7, 11) is 1.54. The van der Waals surface area contributed by atoms with Gasteiger partial charge in [0.25, 0.3) is 5.91 Å². The summed E-state index contributed by atoms with van der Waals surface area (Å²) < 4.78 is 5.06. The summed E-state index contributed by atoms with van der Waals surface area (Å²) in [6.45, 7) is 0. The van der Waals surface area contributed by atoms with Crippen LogP contribution in [0.15, 0.2) is 35.7 Å². The summed E-state index contributed by atoms with van der Waals surface area (Å²) in [5, 5.41) is 7.99. The van der Waals surface area contributed by atoms with Crippen molar-refractivity contribution in [1.82, 2.24) is 5.32 Å². The van der Waals surface area contributed by atoms with Crippen LogP contribution in [0.5, 0.6) is 5.75 Å². The third-order valence-electron chi connectivity index (χ3n) is 2.38. The molecule has 0 unspecified atom stereocenters. The molecule has 104 valence electrons. The van der Waals surface area contributed by atoms with Crippen LogP contribution in [0.2, 0.25) is 5.02 Å². The molecule has 0 atom stereocenters. The highest BCUT2D eigenvalue weighted by Crippen LogP contribution is 2.27. The van der Waals surface area contributed by atoms with Crippen LogP contribution in [0.25, 0.3) is 0 Å². The Hall–Kier alpha value is -1.63. The van der Waals surface area contributed by atoms with Gasteiger partial charge in [0.2, 0.25) is 0 Å². The molecule has 0 spiro atoms. The van der Waals surface area contributed by atoms with Gasteiger partial charge in [0.05, 0.1) is 17.0 Å². The zero-order valence-corrected chi connectivity index (χ0v) is 12.9. The molecule has 1 aromatic heterocycles. The summed E-state index contributed by atoms with van der Waals surface area (Å²) in [5.74, 6) is 0.336. The molecule has 1 heterocycles. The van der Waals surface area contributed by atoms with Gasteiger partial charge in [-0.25, -0.2) is 0 Å². The SMILES string of the molecule is COc1ccc(NC(=S)NC(=O)c2cccs2)cc1Cl. The van der Waals surface area contributed by atoms with Crippen LogP contribution in [0.4, 0.5) is 5.69 Å². The Bertz CT molecular complexity index is 629. The first-order chi connectivity index (χ1) is 9.60. The number of halogens is 1. The van der Waals surface area contributed by atoms with Gasteiger partial charge in [-0.05, 0) is 41.9 Å². The lowest BCUT2D eigenvalue weighted by Gasteiger charge is -2.10. The van der Waals surface area contributed by atoms with E-state index in [2.05, 4.69) is 10.6 Å². The van der Waals surface area contributed by atoms with E-state index in [9.17, 15) is 4.79 Å². The number of thiophene rings is 1. The normalized spacial score (nSPS) is 9.90. The lowest BCUT2D eigenvalue weighted by molar-refractivity contribution is 0.0981. The lowest BCUT2D eigenvalue weighted by atomic mass is 10.3. The number of methoxy groups -OCH3 is 1. The maximum atomic E-state index is 11.8. The topological polar surface area (TPSA) is 50.4 Å². The fraction of sp³-hybridized carbons (Fsp3) is 0.0769. The highest BCUT2D eigenvalue weighted by Gasteiger charge is 2.09. The van der Waals surface area contributed by atoms with Crippen molar-refractivity contribution in [3.63, 3.8) is 0 Å². The molecule has 2 aromatic rings. The van der Waals surface area contributed by atoms with Crippen molar-refractivity contribution in [2.24, 2.45) is 0 Å². The van der Waals surface area contributed by atoms with E-state index >= 15 is 0 Å². The zero-order valence-electron chi connectivity index (χ0n) is 10.5. The van der Waals surface area contributed by atoms with Crippen molar-refractivity contribution in [2.45, 2.75) is 0 Å². The number of benzene rings is 1. The first-order valence-electron chi connectivity index (χ1n) is 5.59. The molecule has 1 amide bonds. The summed E-state index contributed by atoms with van der Waals surface area (Å²) in [4.78, 5) is 12.4. The van der Waals surface area contributed by atoms with Gasteiger partial charge >= 0.3 is 0 Å². The predicted molar refractivity (Wildman–Crippen MR) is 86.0 cm³/mol. The minimum absolute atomic E-state index is 0.213. The average Bonchev–Trinajstić information content (AvgIpc) is 2.92. The number of nitrogens with one attached hydrogen (secondary N) is 2. The Balaban J connectivity index is 1.98. The molecule has 20 heavy (non-hydrogen) atoms. The Kier molecular flexibility index (Phi) is 4.94. The van der Waals surface area contributed by atoms with E-state index < -0.39 is 0 Å². The van der Waals surface area contributed by atoms with E-state index in [4.69, 9.17) is 28.6 Å². The van der Waals surface area contributed by atoms with E-state index in [-0.39, 0.29) is 11.0 Å². The van der Waals surface area contributed by atoms with Crippen molar-refractivity contribution < 1.29 is 9.53 Å². The van der Waals surface area contributed by atoms with Crippen molar-refractivity contribution in [3.05, 3.63) is 45.6 Å². The molecule has 0 saturated carbocycles. The first kappa shape index (κ1) is 14.8. The molecule has 0 bridgehead atoms. The smallest absolute Gasteiger partial charge is 0.267 e. The second-order valence-corrected chi connectivity index (χ2v) is 5.50. The number of thiocarbonyl (C=S) groups is 1. The molecule has 2 N–H and O–H groups in total. The van der Waals surface area contributed by atoms with Crippen LogP contribution >= 0.6 is 35.2 Å². The molecule has 0 radical (unpaired) electrons. The number of hydrogen-bond donors (Lipinski definition) is 2. The molecule has 0 fully saturated rings. The van der Waals surface area contributed by atoms with Crippen molar-refractivity contribution in [2.75, 3.05) is 12.4 Å². The van der Waals surface area contributed by atoms with Gasteiger partial charge in [-0.3, -0.25) is 10.1 Å². The average molecular weight is 327 g/mol. The van der Waals surface area contributed by atoms with Crippen LogP contribution in [0.3, 0.4) is 0 Å². The Labute approximate surface area is 130 Å². The number of ether oxygens (including phenoxy) is 1. The quantitative estimate of drug-likeness (QED) is 0.847. The second kappa shape index (κ2) is 6.69. The highest BCUT2D eigenvalue weighted by atomic mass is 35.5. The van der Waals surface area contributed by atoms with E-state index in [0.29, 0.717) is 21.3 Å². The summed E-state index contributed by atoms with van der Waals surface area (Å²) in [6, 6.07) is 8.68. The van der Waals surface area contributed by atoms with Gasteiger partial charge in [0.15, 0.2) is 5.11 Å². The van der Waals surface area contributed by atoms with Crippen molar-refractivity contribution in [1.29, 1.82) is 0 Å². The van der Waals surface area contributed by atoms with Crippen LogP contribution in [0, 0.1) is 0 Å². The van der Waals surface area contributed by atoms with Gasteiger partial charge in [-0.2, -0.15) is 0 Å². The number of rotatable bonds is 3. The number of carbonyl (C=O) groups is 1. The van der Waals surface area contributed by atoms with Crippen LogP contribution in [-0.4, -0.2) is 18.1 Å². The predicted octanol–water partition coefficient (Wildman–Crippen LogP) is 3.54. The molecule has 0 aliphatic carbocycles. The van der Waals surface area contributed by atoms with Gasteiger partial charge in [0, 0.05) is 5.69 Å². The number of amides is 1. The molecule has 1 aromatic carbocycles. The second-order valence-electron chi connectivity index (χ2n) is 3.73. The molecule has 7 heteroatoms. The fourth-order valence-electron chi connectivity index (χ4n) is 1.48. The summed E-state index contributed by atoms with van der Waals surface area (Å²) in [6.07, 6.45) is 0. The number of anilines is 1. The molecule has 0 aliphatic rings. The maximum Gasteiger partial charge on any atom is 0.267 e. The van der Waals surface area contributed by atoms with Gasteiger partial charge in [-0.1, -0.05) is 17.7 Å². The van der Waals surface area contributed by atoms with Crippen molar-refractivity contribution >= 4 is 51.9 Å². The zero-order chi connectivity index (χ0) is 14.5. The summed E-state index contributed by atoms with van der Waals surface area (Å²) >= 11 is 12.4. The van der Waals surface area contributed by atoms with E-state index in [0.717, 1.165) is 0 Å². The van der Waals surface area contributed by atoms with Crippen molar-refractivity contribution in [3.8, 4) is 5.75 Å². The molecular formula is C13H11ClN2O2S2. The monoisotopic (exact) mass is 326 g/mol. The van der Waals surface area contributed by atoms with E-state index in [1.807, 2.05) is 5.38 Å². The van der Waals surface area contributed by atoms with Crippen LogP contribution in [-0.2, 0) is 0 Å². The molecular weight excluding hydrogens is 316 g/mol. The minimum Gasteiger partial charge on any atom is -0.495 e. The fourth-order valence-corrected chi connectivity index (χ4v) is 2.57. The van der Waals surface area contributed by atoms with Crippen LogP contribution in [0.1, 0.15) is 9.67 Å². The van der Waals surface area contributed by atoms with E-state index in [1.165, 1.54) is 11.3 Å². The third-order valence-corrected chi connectivity index (χ3v) is 3.75. The molecule has 4 nitrogen and oxygen atoms in total. The van der Waals surface area contributed by atoms with Gasteiger partial charge in [-0.15, -0.1) is 11.3 Å². The molecule has 0 aliphatic heterocycles. The summed E-state index contributed by atoms with van der Waals surface area (Å²) in [5.41, 5.74) is 0.673.